The Balaban J connectivity index is 0.000000242. The molecule has 0 atom stereocenters. The Bertz CT molecular complexity index is 1540. The fourth-order valence-corrected chi connectivity index (χ4v) is 4.61. The van der Waals surface area contributed by atoms with Gasteiger partial charge in [0.2, 0.25) is 0 Å². The van der Waals surface area contributed by atoms with E-state index >= 15 is 0 Å². The van der Waals surface area contributed by atoms with E-state index in [4.69, 9.17) is 4.74 Å². The Hall–Kier alpha value is -4.09. The smallest absolute Gasteiger partial charge is 0.431 e. The summed E-state index contributed by atoms with van der Waals surface area (Å²) in [7, 11) is 2.41. The molecule has 2 aromatic carbocycles. The zero-order chi connectivity index (χ0) is 32.1. The van der Waals surface area contributed by atoms with Gasteiger partial charge < -0.3 is 14.6 Å². The lowest BCUT2D eigenvalue weighted by Gasteiger charge is -2.21. The molecule has 0 spiro atoms. The number of allylic oxidation sites excluding steroid dienone is 1. The van der Waals surface area contributed by atoms with Gasteiger partial charge in [-0.1, -0.05) is 42.0 Å². The number of benzene rings is 2. The second-order valence-electron chi connectivity index (χ2n) is 10.1. The number of hydrogen-bond donors (Lipinski definition) is 1. The van der Waals surface area contributed by atoms with Gasteiger partial charge in [-0.25, -0.2) is 4.39 Å². The van der Waals surface area contributed by atoms with Gasteiger partial charge in [-0.2, -0.15) is 26.3 Å². The lowest BCUT2D eigenvalue weighted by Crippen LogP contribution is -2.32. The second-order valence-corrected chi connectivity index (χ2v) is 10.1. The maximum absolute atomic E-state index is 13.6. The fourth-order valence-electron chi connectivity index (χ4n) is 4.61. The molecule has 1 N–H and O–H groups in total. The van der Waals surface area contributed by atoms with E-state index in [1.165, 1.54) is 24.1 Å². The number of carbonyl (C=O) groups is 1. The third-order valence-electron chi connectivity index (χ3n) is 7.05. The Kier molecular flexibility index (Phi) is 10.5. The van der Waals surface area contributed by atoms with Gasteiger partial charge in [0, 0.05) is 19.0 Å². The van der Waals surface area contributed by atoms with E-state index in [2.05, 4.69) is 5.32 Å². The van der Waals surface area contributed by atoms with Crippen molar-refractivity contribution >= 4 is 5.91 Å². The first kappa shape index (κ1) is 33.4. The SMILES string of the molecule is COC(CNC(=O)c1c(C)cccc1F)=C1CCC1.Cc1cccc(Cc2c(C(F)(F)F)cc(C(F)(F)F)n(C)c2=O)c1. The van der Waals surface area contributed by atoms with Crippen LogP contribution >= 0.6 is 0 Å². The number of nitrogens with zero attached hydrogens (tertiary/aromatic N) is 1. The molecule has 1 amide bonds. The highest BCUT2D eigenvalue weighted by Crippen LogP contribution is 2.36. The topological polar surface area (TPSA) is 60.3 Å². The van der Waals surface area contributed by atoms with Crippen LogP contribution in [0.1, 0.15) is 63.1 Å². The van der Waals surface area contributed by atoms with Crippen LogP contribution in [0, 0.1) is 19.7 Å². The molecule has 5 nitrogen and oxygen atoms in total. The molecule has 1 aliphatic carbocycles. The molecule has 0 unspecified atom stereocenters. The summed E-state index contributed by atoms with van der Waals surface area (Å²) < 4.78 is 97.3. The summed E-state index contributed by atoms with van der Waals surface area (Å²) in [6.07, 6.45) is -7.30. The van der Waals surface area contributed by atoms with E-state index < -0.39 is 52.9 Å². The lowest BCUT2D eigenvalue weighted by atomic mass is 9.91. The normalized spacial score (nSPS) is 13.0. The van der Waals surface area contributed by atoms with Crippen molar-refractivity contribution in [2.75, 3.05) is 13.7 Å². The Morgan fingerprint density at radius 2 is 1.63 bits per heavy atom. The number of halogens is 7. The molecule has 0 aliphatic heterocycles. The maximum Gasteiger partial charge on any atom is 0.431 e. The molecule has 3 aromatic rings. The number of methoxy groups -OCH3 is 1. The summed E-state index contributed by atoms with van der Waals surface area (Å²) in [5, 5.41) is 2.72. The van der Waals surface area contributed by atoms with Gasteiger partial charge >= 0.3 is 12.4 Å². The van der Waals surface area contributed by atoms with E-state index in [0.29, 0.717) is 17.7 Å². The number of amides is 1. The number of nitrogens with one attached hydrogen (secondary N) is 1. The molecule has 43 heavy (non-hydrogen) atoms. The van der Waals surface area contributed by atoms with Gasteiger partial charge in [0.1, 0.15) is 17.3 Å². The van der Waals surface area contributed by atoms with Crippen molar-refractivity contribution in [3.05, 3.63) is 115 Å². The minimum Gasteiger partial charge on any atom is -0.499 e. The molecular weight excluding hydrogens is 581 g/mol. The highest BCUT2D eigenvalue weighted by molar-refractivity contribution is 5.96. The van der Waals surface area contributed by atoms with Crippen LogP contribution in [-0.4, -0.2) is 24.1 Å². The summed E-state index contributed by atoms with van der Waals surface area (Å²) >= 11 is 0. The van der Waals surface area contributed by atoms with Crippen LogP contribution in [0.4, 0.5) is 30.7 Å². The van der Waals surface area contributed by atoms with Gasteiger partial charge in [0.15, 0.2) is 0 Å². The Morgan fingerprint density at radius 1 is 0.977 bits per heavy atom. The van der Waals surface area contributed by atoms with Crippen molar-refractivity contribution in [3.63, 3.8) is 0 Å². The average molecular weight is 613 g/mol. The van der Waals surface area contributed by atoms with Crippen LogP contribution in [0.25, 0.3) is 0 Å². The van der Waals surface area contributed by atoms with Gasteiger partial charge in [-0.3, -0.25) is 9.59 Å². The van der Waals surface area contributed by atoms with Gasteiger partial charge in [-0.05, 0) is 61.9 Å². The van der Waals surface area contributed by atoms with Crippen molar-refractivity contribution in [3.8, 4) is 0 Å². The molecule has 1 fully saturated rings. The van der Waals surface area contributed by atoms with Crippen molar-refractivity contribution < 1.29 is 40.3 Å². The maximum atomic E-state index is 13.6. The number of aromatic nitrogens is 1. The summed E-state index contributed by atoms with van der Waals surface area (Å²) in [6, 6.07) is 11.0. The van der Waals surface area contributed by atoms with Gasteiger partial charge in [0.25, 0.3) is 11.5 Å². The number of aryl methyl sites for hydroxylation is 2. The largest absolute Gasteiger partial charge is 0.499 e. The lowest BCUT2D eigenvalue weighted by molar-refractivity contribution is -0.147. The molecule has 4 rings (SSSR count). The van der Waals surface area contributed by atoms with Crippen LogP contribution in [0.15, 0.2) is 64.7 Å². The summed E-state index contributed by atoms with van der Waals surface area (Å²) in [6.45, 7) is 3.76. The zero-order valence-electron chi connectivity index (χ0n) is 24.0. The number of carbonyl (C=O) groups excluding carboxylic acids is 1. The fraction of sp³-hybridized carbons (Fsp3) is 0.355. The van der Waals surface area contributed by atoms with E-state index in [9.17, 15) is 40.3 Å². The minimum atomic E-state index is -5.06. The Labute approximate surface area is 244 Å². The van der Waals surface area contributed by atoms with Gasteiger partial charge in [-0.15, -0.1) is 0 Å². The number of rotatable bonds is 6. The number of pyridine rings is 1. The van der Waals surface area contributed by atoms with Gasteiger partial charge in [0.05, 0.1) is 24.8 Å². The van der Waals surface area contributed by atoms with E-state index in [0.717, 1.165) is 31.2 Å². The zero-order valence-corrected chi connectivity index (χ0v) is 24.0. The highest BCUT2D eigenvalue weighted by Gasteiger charge is 2.41. The molecule has 1 aromatic heterocycles. The quantitative estimate of drug-likeness (QED) is 0.235. The number of alkyl halides is 6. The van der Waals surface area contributed by atoms with Crippen LogP contribution in [0.5, 0.6) is 0 Å². The van der Waals surface area contributed by atoms with E-state index in [1.54, 1.807) is 51.3 Å². The van der Waals surface area contributed by atoms with Crippen LogP contribution < -0.4 is 10.9 Å². The molecule has 1 saturated carbocycles. The van der Waals surface area contributed by atoms with Crippen LogP contribution in [0.2, 0.25) is 0 Å². The first-order valence-electron chi connectivity index (χ1n) is 13.3. The van der Waals surface area contributed by atoms with E-state index in [-0.39, 0.29) is 16.2 Å². The second kappa shape index (κ2) is 13.5. The van der Waals surface area contributed by atoms with Crippen molar-refractivity contribution in [1.82, 2.24) is 9.88 Å². The van der Waals surface area contributed by atoms with E-state index in [1.807, 2.05) is 0 Å². The van der Waals surface area contributed by atoms with Crippen molar-refractivity contribution in [2.24, 2.45) is 7.05 Å². The molecule has 12 heteroatoms. The molecular formula is C31H31F7N2O3. The first-order valence-corrected chi connectivity index (χ1v) is 13.3. The third kappa shape index (κ3) is 8.26. The number of ether oxygens (including phenoxy) is 1. The summed E-state index contributed by atoms with van der Waals surface area (Å²) in [5.41, 5.74) is -2.03. The standard InChI is InChI=1S/C16H13F6NO.C15H18FNO2/c1-9-4-3-5-10(6-9)7-11-12(15(17,18)19)8-13(16(20,21)22)23(2)14(11)24;1-10-5-3-8-12(16)14(10)15(18)17-9-13(19-2)11-6-4-7-11/h3-6,8H,7H2,1-2H3;3,5,8H,4,6-7,9H2,1-2H3,(H,17,18). The minimum absolute atomic E-state index is 0.00741. The summed E-state index contributed by atoms with van der Waals surface area (Å²) in [5.74, 6) is -0.0913. The molecule has 1 aliphatic rings. The van der Waals surface area contributed by atoms with Crippen molar-refractivity contribution in [1.29, 1.82) is 0 Å². The van der Waals surface area contributed by atoms with Crippen LogP contribution in [-0.2, 0) is 30.6 Å². The monoisotopic (exact) mass is 612 g/mol. The molecule has 0 saturated heterocycles. The number of hydrogen-bond acceptors (Lipinski definition) is 3. The molecule has 0 radical (unpaired) electrons. The predicted molar refractivity (Wildman–Crippen MR) is 147 cm³/mol. The van der Waals surface area contributed by atoms with Crippen molar-refractivity contribution in [2.45, 2.75) is 51.9 Å². The predicted octanol–water partition coefficient (Wildman–Crippen LogP) is 7.27. The molecule has 232 valence electrons. The molecule has 0 bridgehead atoms. The third-order valence-corrected chi connectivity index (χ3v) is 7.05. The highest BCUT2D eigenvalue weighted by atomic mass is 19.4. The Morgan fingerprint density at radius 3 is 2.14 bits per heavy atom. The van der Waals surface area contributed by atoms with Crippen LogP contribution in [0.3, 0.4) is 0 Å². The average Bonchev–Trinajstić information content (AvgIpc) is 2.87. The molecule has 1 heterocycles. The summed E-state index contributed by atoms with van der Waals surface area (Å²) in [4.78, 5) is 24.2. The first-order chi connectivity index (χ1) is 20.0.